The molecule has 0 amide bonds. The predicted molar refractivity (Wildman–Crippen MR) is 513 cm³/mol. The van der Waals surface area contributed by atoms with Gasteiger partial charge >= 0.3 is 0 Å². The third-order valence-corrected chi connectivity index (χ3v) is 29.3. The van der Waals surface area contributed by atoms with E-state index in [2.05, 4.69) is 515 Å². The molecule has 0 unspecified atom stereocenters. The first-order valence-corrected chi connectivity index (χ1v) is 44.9. The average molecular weight is 1730 g/mol. The Hall–Kier alpha value is -10.0. The minimum absolute atomic E-state index is 0. The van der Waals surface area contributed by atoms with E-state index in [1.807, 2.05) is 12.1 Å². The van der Waals surface area contributed by atoms with Gasteiger partial charge < -0.3 is 11.5 Å². The maximum atomic E-state index is 6.13. The van der Waals surface area contributed by atoms with Crippen molar-refractivity contribution in [1.29, 1.82) is 0 Å². The number of hydrogen-bond acceptors (Lipinski definition) is 2. The molecule has 8 heteroatoms. The van der Waals surface area contributed by atoms with E-state index in [0.29, 0.717) is 0 Å². The molecule has 0 saturated carbocycles. The molecule has 0 aliphatic rings. The van der Waals surface area contributed by atoms with Gasteiger partial charge in [-0.05, 0) is 201 Å². The van der Waals surface area contributed by atoms with E-state index in [1.165, 1.54) is 97.0 Å². The molecule has 2 nitrogen and oxygen atoms in total. The number of nitrogen functional groups attached to an aromatic ring is 2. The van der Waals surface area contributed by atoms with Crippen LogP contribution in [0.25, 0.3) is 11.1 Å². The Morgan fingerprint density at radius 2 is 0.374 bits per heavy atom. The molecule has 0 bridgehead atoms. The van der Waals surface area contributed by atoms with E-state index < -0.39 is 31.7 Å². The van der Waals surface area contributed by atoms with Crippen LogP contribution < -0.4 is 75.1 Å². The normalized spacial score (nSPS) is 10.7. The monoisotopic (exact) mass is 1730 g/mol. The second-order valence-electron chi connectivity index (χ2n) is 29.3. The Kier molecular flexibility index (Phi) is 36.0. The minimum Gasteiger partial charge on any atom is -0.398 e. The van der Waals surface area contributed by atoms with Gasteiger partial charge in [0.1, 0.15) is 0 Å². The fourth-order valence-electron chi connectivity index (χ4n) is 12.5. The molecule has 0 atom stereocenters. The van der Waals surface area contributed by atoms with Gasteiger partial charge in [0.25, 0.3) is 0 Å². The predicted octanol–water partition coefficient (Wildman–Crippen LogP) is 24.0. The molecule has 16 aromatic carbocycles. The Balaban J connectivity index is 0.000000155. The van der Waals surface area contributed by atoms with Crippen LogP contribution in [0.4, 0.5) is 11.4 Å². The number of hydrogen-bond donors (Lipinski definition) is 2. The number of halogens is 1. The molecule has 0 radical (unpaired) electrons. The largest absolute Gasteiger partial charge is 0.398 e. The molecule has 0 aliphatic carbocycles. The summed E-state index contributed by atoms with van der Waals surface area (Å²) in [5, 5.41) is 16.8. The number of benzene rings is 16. The average Bonchev–Trinajstić information content (AvgIpc) is 0.817. The summed E-state index contributed by atoms with van der Waals surface area (Å²) in [5.41, 5.74) is 22.8. The van der Waals surface area contributed by atoms with Crippen LogP contribution in [0.5, 0.6) is 0 Å². The van der Waals surface area contributed by atoms with Gasteiger partial charge in [0, 0.05) is 41.8 Å². The van der Waals surface area contributed by atoms with Crippen molar-refractivity contribution in [3.63, 3.8) is 0 Å². The SMILES string of the molecule is CC(C)(C)c1ccc(N)c(Br)c1.Cc1ccccc1-c1cc(C(C)(C)C)ccc1N.Cc1ccccc1C.[Pd].c1ccc(P(c2ccccc2)c2ccccc2)cc1.c1ccc(P(c2ccccc2)c2ccccc2)cc1.c1ccc(P(c2ccccc2)c2ccccc2)cc1.c1ccc(P(c2ccccc2)c2ccccc2)cc1. The van der Waals surface area contributed by atoms with Crippen molar-refractivity contribution in [2.75, 3.05) is 11.5 Å². The minimum atomic E-state index is -0.446. The van der Waals surface area contributed by atoms with Crippen molar-refractivity contribution in [2.24, 2.45) is 0 Å². The van der Waals surface area contributed by atoms with Crippen LogP contribution >= 0.6 is 47.6 Å². The Morgan fingerprint density at radius 1 is 0.200 bits per heavy atom. The molecule has 4 N–H and O–H groups in total. The van der Waals surface area contributed by atoms with Crippen molar-refractivity contribution in [1.82, 2.24) is 0 Å². The maximum Gasteiger partial charge on any atom is 0.0458 e. The molecule has 0 aromatic heterocycles. The summed E-state index contributed by atoms with van der Waals surface area (Å²) < 4.78 is 0.981. The topological polar surface area (TPSA) is 52.0 Å². The van der Waals surface area contributed by atoms with Crippen LogP contribution in [0.3, 0.4) is 0 Å². The molecule has 0 heterocycles. The Labute approximate surface area is 714 Å². The molecule has 16 rings (SSSR count). The summed E-state index contributed by atoms with van der Waals surface area (Å²) in [4.78, 5) is 0. The number of nitrogens with two attached hydrogens (primary N) is 2. The number of aryl methyl sites for hydroxylation is 3. The fourth-order valence-corrected chi connectivity index (χ4v) is 22.1. The summed E-state index contributed by atoms with van der Waals surface area (Å²) in [6, 6.07) is 158. The van der Waals surface area contributed by atoms with Crippen LogP contribution in [0.1, 0.15) is 69.4 Å². The van der Waals surface area contributed by atoms with Crippen molar-refractivity contribution in [3.05, 3.63) is 481 Å². The summed E-state index contributed by atoms with van der Waals surface area (Å²) in [5.74, 6) is 0. The zero-order valence-corrected chi connectivity index (χ0v) is 74.1. The molecular formula is C107H105BrN2P4Pd. The second-order valence-corrected chi connectivity index (χ2v) is 39.0. The smallest absolute Gasteiger partial charge is 0.0458 e. The molecule has 16 aromatic rings. The van der Waals surface area contributed by atoms with E-state index in [0.717, 1.165) is 21.4 Å². The van der Waals surface area contributed by atoms with Gasteiger partial charge in [-0.1, -0.05) is 466 Å². The number of anilines is 2. The zero-order chi connectivity index (χ0) is 80.3. The van der Waals surface area contributed by atoms with E-state index in [1.54, 1.807) is 0 Å². The van der Waals surface area contributed by atoms with Gasteiger partial charge in [0.2, 0.25) is 0 Å². The molecular weight excluding hydrogens is 1620 g/mol. The first kappa shape index (κ1) is 88.9. The van der Waals surface area contributed by atoms with Gasteiger partial charge in [-0.15, -0.1) is 0 Å². The van der Waals surface area contributed by atoms with Gasteiger partial charge in [-0.3, -0.25) is 0 Å². The van der Waals surface area contributed by atoms with Crippen LogP contribution in [0, 0.1) is 20.8 Å². The first-order chi connectivity index (χ1) is 55.4. The molecule has 115 heavy (non-hydrogen) atoms. The quantitative estimate of drug-likeness (QED) is 0.0687. The third-order valence-electron chi connectivity index (χ3n) is 18.8. The summed E-state index contributed by atoms with van der Waals surface area (Å²) in [6.45, 7) is 19.6. The molecule has 0 spiro atoms. The maximum absolute atomic E-state index is 6.13. The van der Waals surface area contributed by atoms with Crippen LogP contribution in [0.15, 0.2) is 453 Å². The van der Waals surface area contributed by atoms with Crippen molar-refractivity contribution < 1.29 is 20.4 Å². The van der Waals surface area contributed by atoms with Gasteiger partial charge in [0.15, 0.2) is 0 Å². The Bertz CT molecular complexity index is 4510. The molecule has 0 aliphatic heterocycles. The van der Waals surface area contributed by atoms with E-state index in [9.17, 15) is 0 Å². The van der Waals surface area contributed by atoms with E-state index >= 15 is 0 Å². The molecule has 0 saturated heterocycles. The van der Waals surface area contributed by atoms with Crippen LogP contribution in [-0.2, 0) is 31.3 Å². The van der Waals surface area contributed by atoms with Crippen molar-refractivity contribution in [2.45, 2.75) is 73.1 Å². The summed E-state index contributed by atoms with van der Waals surface area (Å²) in [6.07, 6.45) is 0. The van der Waals surface area contributed by atoms with Crippen LogP contribution in [-0.4, -0.2) is 0 Å². The summed E-state index contributed by atoms with van der Waals surface area (Å²) in [7, 11) is -1.78. The first-order valence-electron chi connectivity index (χ1n) is 38.8. The van der Waals surface area contributed by atoms with Gasteiger partial charge in [0.05, 0.1) is 0 Å². The third kappa shape index (κ3) is 27.6. The standard InChI is InChI=1S/4C18H15P.C17H21N.C10H14BrN.C8H10.Pd/c4*1-4-10-16(11-5-1)19(17-12-6-2-7-13-17)18-14-8-3-9-15-18;1-12-7-5-6-8-14(12)15-11-13(17(2,3)4)9-10-16(15)18;1-10(2,3)7-4-5-9(12)8(11)6-7;1-7-5-3-4-6-8(7)2;/h4*1-15H;5-11H,18H2,1-4H3;4-6H,12H2,1-3H3;3-6H,1-2H3;. The number of rotatable bonds is 13. The van der Waals surface area contributed by atoms with Crippen molar-refractivity contribution in [3.8, 4) is 11.1 Å². The van der Waals surface area contributed by atoms with Gasteiger partial charge in [-0.25, -0.2) is 0 Å². The van der Waals surface area contributed by atoms with Crippen molar-refractivity contribution >= 4 is 123 Å². The van der Waals surface area contributed by atoms with Gasteiger partial charge in [-0.2, -0.15) is 0 Å². The fraction of sp³-hybridized carbons (Fsp3) is 0.103. The Morgan fingerprint density at radius 3 is 0.557 bits per heavy atom. The molecule has 580 valence electrons. The summed E-state index contributed by atoms with van der Waals surface area (Å²) >= 11 is 3.41. The van der Waals surface area contributed by atoms with Crippen LogP contribution in [0.2, 0.25) is 0 Å². The van der Waals surface area contributed by atoms with E-state index in [-0.39, 0.29) is 31.3 Å². The molecule has 0 fully saturated rings. The zero-order valence-electron chi connectivity index (χ0n) is 67.4. The van der Waals surface area contributed by atoms with E-state index in [4.69, 9.17) is 11.5 Å². The second kappa shape index (κ2) is 46.5.